The molecule has 1 saturated carbocycles. The SMILES string of the molecule is Oc1ccc(C2(c3ccc(O)c(Br)c3)CCCCC2Br)cc1. The number of phenolic OH excluding ortho intramolecular Hbond substituents is 2. The highest BCUT2D eigenvalue weighted by Crippen LogP contribution is 2.49. The Morgan fingerprint density at radius 1 is 0.955 bits per heavy atom. The highest BCUT2D eigenvalue weighted by molar-refractivity contribution is 9.10. The van der Waals surface area contributed by atoms with Crippen molar-refractivity contribution in [3.63, 3.8) is 0 Å². The van der Waals surface area contributed by atoms with Crippen molar-refractivity contribution in [3.8, 4) is 11.5 Å². The zero-order chi connectivity index (χ0) is 15.7. The minimum Gasteiger partial charge on any atom is -0.508 e. The zero-order valence-electron chi connectivity index (χ0n) is 12.1. The summed E-state index contributed by atoms with van der Waals surface area (Å²) in [5.74, 6) is 0.541. The fourth-order valence-corrected chi connectivity index (χ4v) is 4.95. The van der Waals surface area contributed by atoms with Gasteiger partial charge >= 0.3 is 0 Å². The number of halogens is 2. The van der Waals surface area contributed by atoms with Crippen molar-refractivity contribution in [2.24, 2.45) is 0 Å². The molecule has 2 aromatic carbocycles. The molecule has 0 radical (unpaired) electrons. The lowest BCUT2D eigenvalue weighted by Gasteiger charge is -2.43. The van der Waals surface area contributed by atoms with E-state index in [1.54, 1.807) is 18.2 Å². The monoisotopic (exact) mass is 424 g/mol. The van der Waals surface area contributed by atoms with Crippen LogP contribution in [-0.4, -0.2) is 15.0 Å². The van der Waals surface area contributed by atoms with Gasteiger partial charge in [-0.2, -0.15) is 0 Å². The maximum Gasteiger partial charge on any atom is 0.129 e. The van der Waals surface area contributed by atoms with Crippen molar-refractivity contribution in [2.75, 3.05) is 0 Å². The Morgan fingerprint density at radius 3 is 2.27 bits per heavy atom. The van der Waals surface area contributed by atoms with Crippen LogP contribution in [0.2, 0.25) is 0 Å². The third-order valence-corrected chi connectivity index (χ3v) is 6.53. The van der Waals surface area contributed by atoms with E-state index < -0.39 is 0 Å². The molecule has 0 spiro atoms. The van der Waals surface area contributed by atoms with Gasteiger partial charge in [0.2, 0.25) is 0 Å². The van der Waals surface area contributed by atoms with Crippen LogP contribution in [0.1, 0.15) is 36.8 Å². The van der Waals surface area contributed by atoms with Crippen LogP contribution < -0.4 is 0 Å². The first-order valence-electron chi connectivity index (χ1n) is 7.46. The summed E-state index contributed by atoms with van der Waals surface area (Å²) in [7, 11) is 0. The summed E-state index contributed by atoms with van der Waals surface area (Å²) in [6.07, 6.45) is 4.54. The lowest BCUT2D eigenvalue weighted by Crippen LogP contribution is -2.40. The van der Waals surface area contributed by atoms with E-state index in [-0.39, 0.29) is 16.9 Å². The van der Waals surface area contributed by atoms with E-state index >= 15 is 0 Å². The second kappa shape index (κ2) is 6.25. The van der Waals surface area contributed by atoms with Gasteiger partial charge in [-0.05, 0) is 64.2 Å². The number of phenols is 2. The lowest BCUT2D eigenvalue weighted by molar-refractivity contribution is 0.361. The molecule has 0 aromatic heterocycles. The van der Waals surface area contributed by atoms with Crippen LogP contribution in [0.4, 0.5) is 0 Å². The molecule has 0 bridgehead atoms. The standard InChI is InChI=1S/C18H18Br2O2/c19-15-11-13(6-9-16(15)22)18(10-2-1-3-17(18)20)12-4-7-14(21)8-5-12/h4-9,11,17,21-22H,1-3,10H2. The summed E-state index contributed by atoms with van der Waals surface area (Å²) in [5.41, 5.74) is 2.25. The maximum atomic E-state index is 9.81. The fraction of sp³-hybridized carbons (Fsp3) is 0.333. The summed E-state index contributed by atoms with van der Waals surface area (Å²) in [5, 5.41) is 19.4. The minimum atomic E-state index is -0.137. The van der Waals surface area contributed by atoms with E-state index in [4.69, 9.17) is 0 Å². The molecular formula is C18H18Br2O2. The second-order valence-electron chi connectivity index (χ2n) is 5.90. The van der Waals surface area contributed by atoms with Crippen LogP contribution in [0.3, 0.4) is 0 Å². The summed E-state index contributed by atoms with van der Waals surface area (Å²) in [4.78, 5) is 0.328. The van der Waals surface area contributed by atoms with Gasteiger partial charge in [-0.3, -0.25) is 0 Å². The maximum absolute atomic E-state index is 9.81. The molecule has 0 heterocycles. The molecule has 4 heteroatoms. The highest BCUT2D eigenvalue weighted by Gasteiger charge is 2.42. The van der Waals surface area contributed by atoms with Crippen LogP contribution in [0.15, 0.2) is 46.9 Å². The molecule has 22 heavy (non-hydrogen) atoms. The van der Waals surface area contributed by atoms with Gasteiger partial charge in [0.05, 0.1) is 4.47 Å². The summed E-state index contributed by atoms with van der Waals surface area (Å²) >= 11 is 7.34. The van der Waals surface area contributed by atoms with Crippen molar-refractivity contribution in [3.05, 3.63) is 58.1 Å². The Bertz CT molecular complexity index is 669. The van der Waals surface area contributed by atoms with Crippen LogP contribution in [0.25, 0.3) is 0 Å². The van der Waals surface area contributed by atoms with Gasteiger partial charge in [0.25, 0.3) is 0 Å². The lowest BCUT2D eigenvalue weighted by atomic mass is 9.65. The van der Waals surface area contributed by atoms with Gasteiger partial charge in [0.15, 0.2) is 0 Å². The number of alkyl halides is 1. The molecule has 2 N–H and O–H groups in total. The third kappa shape index (κ3) is 2.67. The molecule has 1 fully saturated rings. The van der Waals surface area contributed by atoms with Crippen molar-refractivity contribution >= 4 is 31.9 Å². The zero-order valence-corrected chi connectivity index (χ0v) is 15.3. The number of hydrogen-bond acceptors (Lipinski definition) is 2. The number of aromatic hydroxyl groups is 2. The van der Waals surface area contributed by atoms with Crippen LogP contribution in [0, 0.1) is 0 Å². The van der Waals surface area contributed by atoms with Crippen molar-refractivity contribution in [1.82, 2.24) is 0 Å². The summed E-state index contributed by atoms with van der Waals surface area (Å²) in [6.45, 7) is 0. The molecule has 0 amide bonds. The quantitative estimate of drug-likeness (QED) is 0.625. The van der Waals surface area contributed by atoms with Crippen molar-refractivity contribution in [2.45, 2.75) is 35.9 Å². The molecule has 2 nitrogen and oxygen atoms in total. The van der Waals surface area contributed by atoms with Crippen LogP contribution >= 0.6 is 31.9 Å². The molecule has 0 saturated heterocycles. The first kappa shape index (κ1) is 15.9. The molecule has 0 aliphatic heterocycles. The Hall–Kier alpha value is -1.00. The van der Waals surface area contributed by atoms with Gasteiger partial charge < -0.3 is 10.2 Å². The third-order valence-electron chi connectivity index (χ3n) is 4.66. The fourth-order valence-electron chi connectivity index (χ4n) is 3.49. The molecule has 116 valence electrons. The molecular weight excluding hydrogens is 408 g/mol. The predicted octanol–water partition coefficient (Wildman–Crippen LogP) is 5.48. The van der Waals surface area contributed by atoms with Gasteiger partial charge in [-0.15, -0.1) is 0 Å². The Balaban J connectivity index is 2.18. The first-order chi connectivity index (χ1) is 10.5. The smallest absolute Gasteiger partial charge is 0.129 e. The number of rotatable bonds is 2. The Morgan fingerprint density at radius 2 is 1.64 bits per heavy atom. The Kier molecular flexibility index (Phi) is 4.51. The molecule has 2 unspecified atom stereocenters. The summed E-state index contributed by atoms with van der Waals surface area (Å²) in [6, 6.07) is 13.3. The summed E-state index contributed by atoms with van der Waals surface area (Å²) < 4.78 is 0.716. The second-order valence-corrected chi connectivity index (χ2v) is 7.86. The predicted molar refractivity (Wildman–Crippen MR) is 95.9 cm³/mol. The molecule has 1 aliphatic carbocycles. The van der Waals surface area contributed by atoms with Crippen molar-refractivity contribution < 1.29 is 10.2 Å². The number of hydrogen-bond donors (Lipinski definition) is 2. The minimum absolute atomic E-state index is 0.137. The Labute approximate surface area is 147 Å². The van der Waals surface area contributed by atoms with Gasteiger partial charge in [0, 0.05) is 10.2 Å². The largest absolute Gasteiger partial charge is 0.508 e. The molecule has 1 aliphatic rings. The van der Waals surface area contributed by atoms with E-state index in [1.807, 2.05) is 24.3 Å². The highest BCUT2D eigenvalue weighted by atomic mass is 79.9. The van der Waals surface area contributed by atoms with E-state index in [1.165, 1.54) is 24.0 Å². The normalized spacial score (nSPS) is 25.1. The van der Waals surface area contributed by atoms with E-state index in [0.29, 0.717) is 9.30 Å². The molecule has 2 aromatic rings. The van der Waals surface area contributed by atoms with E-state index in [0.717, 1.165) is 12.8 Å². The van der Waals surface area contributed by atoms with Gasteiger partial charge in [-0.25, -0.2) is 0 Å². The van der Waals surface area contributed by atoms with Gasteiger partial charge in [0.1, 0.15) is 11.5 Å². The van der Waals surface area contributed by atoms with E-state index in [9.17, 15) is 10.2 Å². The topological polar surface area (TPSA) is 40.5 Å². The van der Waals surface area contributed by atoms with Gasteiger partial charge in [-0.1, -0.05) is 47.0 Å². The van der Waals surface area contributed by atoms with Crippen molar-refractivity contribution in [1.29, 1.82) is 0 Å². The average molecular weight is 426 g/mol. The average Bonchev–Trinajstić information content (AvgIpc) is 2.52. The van der Waals surface area contributed by atoms with E-state index in [2.05, 4.69) is 31.9 Å². The number of benzene rings is 2. The first-order valence-corrected chi connectivity index (χ1v) is 9.17. The van der Waals surface area contributed by atoms with Crippen LogP contribution in [-0.2, 0) is 5.41 Å². The molecule has 2 atom stereocenters. The molecule has 3 rings (SSSR count). The van der Waals surface area contributed by atoms with Crippen LogP contribution in [0.5, 0.6) is 11.5 Å².